The highest BCUT2D eigenvalue weighted by molar-refractivity contribution is 7.89. The number of hydrogen-bond acceptors (Lipinski definition) is 4. The van der Waals surface area contributed by atoms with Crippen molar-refractivity contribution in [2.75, 3.05) is 31.1 Å². The molecule has 0 N–H and O–H groups in total. The van der Waals surface area contributed by atoms with Gasteiger partial charge in [-0.1, -0.05) is 0 Å². The third kappa shape index (κ3) is 2.95. The highest BCUT2D eigenvalue weighted by Gasteiger charge is 2.28. The van der Waals surface area contributed by atoms with Gasteiger partial charge < -0.3 is 4.90 Å². The Morgan fingerprint density at radius 1 is 1.00 bits per heavy atom. The second-order valence-corrected chi connectivity index (χ2v) is 6.99. The smallest absolute Gasteiger partial charge is 0.244 e. The molecule has 22 heavy (non-hydrogen) atoms. The minimum Gasteiger partial charge on any atom is -0.369 e. The highest BCUT2D eigenvalue weighted by atomic mass is 32.2. The number of benzene rings is 1. The monoisotopic (exact) mass is 321 g/mol. The van der Waals surface area contributed by atoms with Gasteiger partial charge in [0, 0.05) is 44.3 Å². The maximum absolute atomic E-state index is 12.9. The average Bonchev–Trinajstić information content (AvgIpc) is 2.56. The highest BCUT2D eigenvalue weighted by Crippen LogP contribution is 2.20. The molecule has 2 heterocycles. The fourth-order valence-electron chi connectivity index (χ4n) is 2.49. The number of sulfonamides is 1. The lowest BCUT2D eigenvalue weighted by molar-refractivity contribution is 0.384. The lowest BCUT2D eigenvalue weighted by Gasteiger charge is -2.35. The second-order valence-electron chi connectivity index (χ2n) is 5.06. The van der Waals surface area contributed by atoms with E-state index < -0.39 is 10.0 Å². The first kappa shape index (κ1) is 14.9. The van der Waals surface area contributed by atoms with Crippen molar-refractivity contribution in [2.24, 2.45) is 0 Å². The van der Waals surface area contributed by atoms with Gasteiger partial charge in [0.05, 0.1) is 0 Å². The standard InChI is InChI=1S/C15H16FN3O2S/c16-13-3-5-14(6-4-13)18-8-10-19(11-9-18)22(20,21)15-2-1-7-17-12-15/h1-7,12H,8-11H2. The van der Waals surface area contributed by atoms with Crippen molar-refractivity contribution in [2.45, 2.75) is 4.90 Å². The number of hydrogen-bond donors (Lipinski definition) is 0. The van der Waals surface area contributed by atoms with Crippen molar-refractivity contribution in [1.82, 2.24) is 9.29 Å². The van der Waals surface area contributed by atoms with Crippen LogP contribution >= 0.6 is 0 Å². The van der Waals surface area contributed by atoms with Crippen LogP contribution < -0.4 is 4.90 Å². The van der Waals surface area contributed by atoms with E-state index in [1.54, 1.807) is 30.5 Å². The van der Waals surface area contributed by atoms with Gasteiger partial charge in [-0.15, -0.1) is 0 Å². The van der Waals surface area contributed by atoms with Gasteiger partial charge in [-0.25, -0.2) is 12.8 Å². The third-order valence-corrected chi connectivity index (χ3v) is 5.58. The van der Waals surface area contributed by atoms with Crippen molar-refractivity contribution in [1.29, 1.82) is 0 Å². The van der Waals surface area contributed by atoms with E-state index in [0.717, 1.165) is 5.69 Å². The minimum absolute atomic E-state index is 0.213. The van der Waals surface area contributed by atoms with E-state index >= 15 is 0 Å². The third-order valence-electron chi connectivity index (χ3n) is 3.70. The normalized spacial score (nSPS) is 16.7. The summed E-state index contributed by atoms with van der Waals surface area (Å²) in [7, 11) is -3.49. The molecule has 0 bridgehead atoms. The number of anilines is 1. The molecule has 116 valence electrons. The van der Waals surface area contributed by atoms with Crippen molar-refractivity contribution in [3.8, 4) is 0 Å². The molecule has 0 aliphatic carbocycles. The summed E-state index contributed by atoms with van der Waals surface area (Å²) in [5, 5.41) is 0. The number of halogens is 1. The maximum Gasteiger partial charge on any atom is 0.244 e. The van der Waals surface area contributed by atoms with Gasteiger partial charge in [-0.2, -0.15) is 4.31 Å². The molecule has 3 rings (SSSR count). The quantitative estimate of drug-likeness (QED) is 0.864. The Balaban J connectivity index is 1.70. The van der Waals surface area contributed by atoms with Crippen LogP contribution in [0.15, 0.2) is 53.7 Å². The molecule has 2 aromatic rings. The Morgan fingerprint density at radius 3 is 2.27 bits per heavy atom. The molecular weight excluding hydrogens is 305 g/mol. The van der Waals surface area contributed by atoms with Crippen LogP contribution in [-0.4, -0.2) is 43.9 Å². The van der Waals surface area contributed by atoms with Crippen LogP contribution in [0.5, 0.6) is 0 Å². The first-order valence-corrected chi connectivity index (χ1v) is 8.42. The Labute approximate surface area is 129 Å². The molecule has 1 aliphatic heterocycles. The summed E-state index contributed by atoms with van der Waals surface area (Å²) in [4.78, 5) is 6.13. The van der Waals surface area contributed by atoms with Gasteiger partial charge in [0.25, 0.3) is 0 Å². The van der Waals surface area contributed by atoms with Crippen LogP contribution in [0.25, 0.3) is 0 Å². The molecule has 0 spiro atoms. The van der Waals surface area contributed by atoms with Crippen molar-refractivity contribution in [3.05, 3.63) is 54.6 Å². The molecule has 1 aromatic heterocycles. The SMILES string of the molecule is O=S(=O)(c1cccnc1)N1CCN(c2ccc(F)cc2)CC1. The topological polar surface area (TPSA) is 53.5 Å². The molecule has 1 saturated heterocycles. The van der Waals surface area contributed by atoms with Gasteiger partial charge >= 0.3 is 0 Å². The molecule has 7 heteroatoms. The summed E-state index contributed by atoms with van der Waals surface area (Å²) in [6.45, 7) is 1.94. The van der Waals surface area contributed by atoms with Crippen LogP contribution in [0.4, 0.5) is 10.1 Å². The van der Waals surface area contributed by atoms with Crippen molar-refractivity contribution in [3.63, 3.8) is 0 Å². The molecule has 0 atom stereocenters. The molecule has 5 nitrogen and oxygen atoms in total. The second kappa shape index (κ2) is 6.02. The Morgan fingerprint density at radius 2 is 1.68 bits per heavy atom. The zero-order chi connectivity index (χ0) is 15.6. The maximum atomic E-state index is 12.9. The predicted molar refractivity (Wildman–Crippen MR) is 81.6 cm³/mol. The fourth-order valence-corrected chi connectivity index (χ4v) is 3.87. The summed E-state index contributed by atoms with van der Waals surface area (Å²) in [5.74, 6) is -0.276. The van der Waals surface area contributed by atoms with Gasteiger partial charge in [0.2, 0.25) is 10.0 Å². The van der Waals surface area contributed by atoms with E-state index in [2.05, 4.69) is 9.88 Å². The molecule has 0 saturated carbocycles. The van der Waals surface area contributed by atoms with Crippen LogP contribution in [0, 0.1) is 5.82 Å². The molecule has 0 unspecified atom stereocenters. The number of aromatic nitrogens is 1. The minimum atomic E-state index is -3.49. The van der Waals surface area contributed by atoms with E-state index in [1.807, 2.05) is 0 Å². The number of nitrogens with zero attached hydrogens (tertiary/aromatic N) is 3. The molecule has 0 radical (unpaired) electrons. The molecule has 1 aliphatic rings. The van der Waals surface area contributed by atoms with Crippen LogP contribution in [0.2, 0.25) is 0 Å². The van der Waals surface area contributed by atoms with Gasteiger partial charge in [-0.05, 0) is 36.4 Å². The molecular formula is C15H16FN3O2S. The van der Waals surface area contributed by atoms with Crippen molar-refractivity contribution >= 4 is 15.7 Å². The lowest BCUT2D eigenvalue weighted by atomic mass is 10.2. The van der Waals surface area contributed by atoms with E-state index in [1.165, 1.54) is 22.6 Å². The summed E-state index contributed by atoms with van der Waals surface area (Å²) >= 11 is 0. The lowest BCUT2D eigenvalue weighted by Crippen LogP contribution is -2.48. The predicted octanol–water partition coefficient (Wildman–Crippen LogP) is 1.73. The largest absolute Gasteiger partial charge is 0.369 e. The summed E-state index contributed by atoms with van der Waals surface area (Å²) in [6, 6.07) is 9.40. The first-order chi connectivity index (χ1) is 10.6. The Bertz CT molecular complexity index is 727. The molecule has 1 fully saturated rings. The molecule has 0 amide bonds. The summed E-state index contributed by atoms with van der Waals surface area (Å²) in [6.07, 6.45) is 2.91. The Kier molecular flexibility index (Phi) is 4.08. The zero-order valence-corrected chi connectivity index (χ0v) is 12.7. The number of piperazine rings is 1. The van der Waals surface area contributed by atoms with E-state index in [0.29, 0.717) is 26.2 Å². The zero-order valence-electron chi connectivity index (χ0n) is 11.9. The van der Waals surface area contributed by atoms with E-state index in [-0.39, 0.29) is 10.7 Å². The summed E-state index contributed by atoms with van der Waals surface area (Å²) in [5.41, 5.74) is 0.903. The number of rotatable bonds is 3. The van der Waals surface area contributed by atoms with Gasteiger partial charge in [0.15, 0.2) is 0 Å². The van der Waals surface area contributed by atoms with Crippen LogP contribution in [0.3, 0.4) is 0 Å². The van der Waals surface area contributed by atoms with E-state index in [4.69, 9.17) is 0 Å². The Hall–Kier alpha value is -1.99. The number of pyridine rings is 1. The van der Waals surface area contributed by atoms with E-state index in [9.17, 15) is 12.8 Å². The van der Waals surface area contributed by atoms with Gasteiger partial charge in [-0.3, -0.25) is 4.98 Å². The van der Waals surface area contributed by atoms with Crippen LogP contribution in [0.1, 0.15) is 0 Å². The van der Waals surface area contributed by atoms with Crippen molar-refractivity contribution < 1.29 is 12.8 Å². The van der Waals surface area contributed by atoms with Crippen LogP contribution in [-0.2, 0) is 10.0 Å². The van der Waals surface area contributed by atoms with Gasteiger partial charge in [0.1, 0.15) is 10.7 Å². The fraction of sp³-hybridized carbons (Fsp3) is 0.267. The summed E-state index contributed by atoms with van der Waals surface area (Å²) < 4.78 is 39.4. The first-order valence-electron chi connectivity index (χ1n) is 6.98. The average molecular weight is 321 g/mol. The molecule has 1 aromatic carbocycles.